The van der Waals surface area contributed by atoms with Gasteiger partial charge in [0.2, 0.25) is 5.91 Å². The lowest BCUT2D eigenvalue weighted by molar-refractivity contribution is -0.114. The monoisotopic (exact) mass is 309 g/mol. The van der Waals surface area contributed by atoms with Crippen LogP contribution in [0.3, 0.4) is 0 Å². The second kappa shape index (κ2) is 8.89. The number of nitrogens with one attached hydrogen (secondary N) is 3. The van der Waals surface area contributed by atoms with Crippen molar-refractivity contribution in [2.75, 3.05) is 39.2 Å². The van der Waals surface area contributed by atoms with Gasteiger partial charge in [0.15, 0.2) is 11.5 Å². The number of likely N-dealkylation sites (N-methyl/N-ethyl adjacent to an activating group) is 1. The first-order valence-electron chi connectivity index (χ1n) is 7.06. The normalized spacial score (nSPS) is 10.0. The van der Waals surface area contributed by atoms with Crippen molar-refractivity contribution in [1.82, 2.24) is 10.6 Å². The maximum Gasteiger partial charge on any atom is 0.251 e. The van der Waals surface area contributed by atoms with E-state index in [0.717, 1.165) is 6.54 Å². The molecule has 0 spiro atoms. The van der Waals surface area contributed by atoms with Crippen LogP contribution in [0.1, 0.15) is 24.2 Å². The van der Waals surface area contributed by atoms with E-state index in [1.165, 1.54) is 21.1 Å². The Morgan fingerprint density at radius 2 is 1.86 bits per heavy atom. The van der Waals surface area contributed by atoms with Crippen molar-refractivity contribution in [3.8, 4) is 11.5 Å². The van der Waals surface area contributed by atoms with Crippen LogP contribution in [0.2, 0.25) is 0 Å². The maximum atomic E-state index is 12.2. The molecule has 122 valence electrons. The molecule has 22 heavy (non-hydrogen) atoms. The number of carbonyl (C=O) groups excluding carboxylic acids is 2. The third kappa shape index (κ3) is 4.92. The molecule has 0 saturated heterocycles. The molecule has 0 unspecified atom stereocenters. The molecule has 1 aromatic carbocycles. The summed E-state index contributed by atoms with van der Waals surface area (Å²) in [5, 5.41) is 8.54. The number of rotatable bonds is 8. The van der Waals surface area contributed by atoms with Crippen molar-refractivity contribution in [3.05, 3.63) is 17.7 Å². The van der Waals surface area contributed by atoms with Gasteiger partial charge in [-0.1, -0.05) is 6.92 Å². The highest BCUT2D eigenvalue weighted by atomic mass is 16.5. The SMILES string of the molecule is CCNCCNC(=O)c1cc(NC(C)=O)c(OC)c(OC)c1. The van der Waals surface area contributed by atoms with E-state index in [4.69, 9.17) is 9.47 Å². The fourth-order valence-electron chi connectivity index (χ4n) is 1.92. The Morgan fingerprint density at radius 3 is 2.41 bits per heavy atom. The predicted molar refractivity (Wildman–Crippen MR) is 84.7 cm³/mol. The van der Waals surface area contributed by atoms with Gasteiger partial charge in [0, 0.05) is 25.6 Å². The molecule has 0 aromatic heterocycles. The zero-order chi connectivity index (χ0) is 16.5. The van der Waals surface area contributed by atoms with Gasteiger partial charge >= 0.3 is 0 Å². The number of carbonyl (C=O) groups is 2. The molecule has 1 rings (SSSR count). The Hall–Kier alpha value is -2.28. The van der Waals surface area contributed by atoms with E-state index in [1.54, 1.807) is 12.1 Å². The van der Waals surface area contributed by atoms with Crippen LogP contribution in [-0.4, -0.2) is 45.7 Å². The Bertz CT molecular complexity index is 532. The van der Waals surface area contributed by atoms with Crippen molar-refractivity contribution in [3.63, 3.8) is 0 Å². The summed E-state index contributed by atoms with van der Waals surface area (Å²) in [5.74, 6) is 0.253. The third-order valence-electron chi connectivity index (χ3n) is 2.89. The smallest absolute Gasteiger partial charge is 0.251 e. The molecule has 0 bridgehead atoms. The summed E-state index contributed by atoms with van der Waals surface area (Å²) in [6.45, 7) is 5.43. The molecule has 1 aromatic rings. The third-order valence-corrected chi connectivity index (χ3v) is 2.89. The molecule has 0 heterocycles. The van der Waals surface area contributed by atoms with Gasteiger partial charge < -0.3 is 25.4 Å². The number of methoxy groups -OCH3 is 2. The second-order valence-corrected chi connectivity index (χ2v) is 4.55. The van der Waals surface area contributed by atoms with E-state index in [0.29, 0.717) is 35.8 Å². The lowest BCUT2D eigenvalue weighted by atomic mass is 10.1. The zero-order valence-corrected chi connectivity index (χ0v) is 13.4. The van der Waals surface area contributed by atoms with Crippen molar-refractivity contribution in [1.29, 1.82) is 0 Å². The van der Waals surface area contributed by atoms with Gasteiger partial charge in [-0.2, -0.15) is 0 Å². The Balaban J connectivity index is 2.99. The van der Waals surface area contributed by atoms with Gasteiger partial charge in [-0.3, -0.25) is 9.59 Å². The molecule has 7 heteroatoms. The molecule has 0 saturated carbocycles. The molecule has 0 atom stereocenters. The second-order valence-electron chi connectivity index (χ2n) is 4.55. The van der Waals surface area contributed by atoms with Crippen LogP contribution in [0.25, 0.3) is 0 Å². The minimum Gasteiger partial charge on any atom is -0.493 e. The van der Waals surface area contributed by atoms with Crippen LogP contribution < -0.4 is 25.4 Å². The Morgan fingerprint density at radius 1 is 1.14 bits per heavy atom. The van der Waals surface area contributed by atoms with E-state index >= 15 is 0 Å². The number of anilines is 1. The van der Waals surface area contributed by atoms with E-state index < -0.39 is 0 Å². The largest absolute Gasteiger partial charge is 0.493 e. The van der Waals surface area contributed by atoms with Gasteiger partial charge in [0.1, 0.15) is 0 Å². The van der Waals surface area contributed by atoms with Crippen molar-refractivity contribution < 1.29 is 19.1 Å². The average molecular weight is 309 g/mol. The molecule has 2 amide bonds. The summed E-state index contributed by atoms with van der Waals surface area (Å²) >= 11 is 0. The summed E-state index contributed by atoms with van der Waals surface area (Å²) < 4.78 is 10.5. The minimum atomic E-state index is -0.259. The van der Waals surface area contributed by atoms with Gasteiger partial charge in [-0.25, -0.2) is 0 Å². The summed E-state index contributed by atoms with van der Waals surface area (Å²) in [7, 11) is 2.95. The Labute approximate surface area is 130 Å². The van der Waals surface area contributed by atoms with Crippen LogP contribution in [-0.2, 0) is 4.79 Å². The van der Waals surface area contributed by atoms with Gasteiger partial charge in [-0.05, 0) is 18.7 Å². The molecular formula is C15H23N3O4. The van der Waals surface area contributed by atoms with Gasteiger partial charge in [0.05, 0.1) is 19.9 Å². The van der Waals surface area contributed by atoms with Gasteiger partial charge in [-0.15, -0.1) is 0 Å². The molecule has 0 aliphatic rings. The van der Waals surface area contributed by atoms with Crippen LogP contribution in [0.5, 0.6) is 11.5 Å². The number of amides is 2. The van der Waals surface area contributed by atoms with Crippen molar-refractivity contribution in [2.24, 2.45) is 0 Å². The summed E-state index contributed by atoms with van der Waals surface area (Å²) in [6, 6.07) is 3.14. The molecular weight excluding hydrogens is 286 g/mol. The lowest BCUT2D eigenvalue weighted by Crippen LogP contribution is -2.31. The molecule has 3 N–H and O–H groups in total. The van der Waals surface area contributed by atoms with Crippen molar-refractivity contribution >= 4 is 17.5 Å². The average Bonchev–Trinajstić information content (AvgIpc) is 2.49. The van der Waals surface area contributed by atoms with Crippen LogP contribution in [0, 0.1) is 0 Å². The van der Waals surface area contributed by atoms with Crippen LogP contribution >= 0.6 is 0 Å². The highest BCUT2D eigenvalue weighted by Gasteiger charge is 2.16. The lowest BCUT2D eigenvalue weighted by Gasteiger charge is -2.15. The number of hydrogen-bond donors (Lipinski definition) is 3. The fraction of sp³-hybridized carbons (Fsp3) is 0.467. The first kappa shape index (κ1) is 17.8. The van der Waals surface area contributed by atoms with E-state index in [1.807, 2.05) is 6.92 Å². The number of benzene rings is 1. The predicted octanol–water partition coefficient (Wildman–Crippen LogP) is 1.00. The highest BCUT2D eigenvalue weighted by Crippen LogP contribution is 2.36. The minimum absolute atomic E-state index is 0.245. The molecule has 0 radical (unpaired) electrons. The first-order chi connectivity index (χ1) is 10.5. The maximum absolute atomic E-state index is 12.2. The highest BCUT2D eigenvalue weighted by molar-refractivity contribution is 5.99. The fourth-order valence-corrected chi connectivity index (χ4v) is 1.92. The molecule has 7 nitrogen and oxygen atoms in total. The quantitative estimate of drug-likeness (QED) is 0.624. The van der Waals surface area contributed by atoms with Crippen molar-refractivity contribution in [2.45, 2.75) is 13.8 Å². The molecule has 0 fully saturated rings. The van der Waals surface area contributed by atoms with E-state index in [2.05, 4.69) is 16.0 Å². The summed E-state index contributed by atoms with van der Waals surface area (Å²) in [5.41, 5.74) is 0.782. The standard InChI is InChI=1S/C15H23N3O4/c1-5-16-6-7-17-15(20)11-8-12(18-10(2)19)14(22-4)13(9-11)21-3/h8-9,16H,5-7H2,1-4H3,(H,17,20)(H,18,19). The zero-order valence-electron chi connectivity index (χ0n) is 13.4. The number of hydrogen-bond acceptors (Lipinski definition) is 5. The summed E-state index contributed by atoms with van der Waals surface area (Å²) in [4.78, 5) is 23.5. The Kier molecular flexibility index (Phi) is 7.18. The van der Waals surface area contributed by atoms with Crippen LogP contribution in [0.4, 0.5) is 5.69 Å². The first-order valence-corrected chi connectivity index (χ1v) is 7.06. The topological polar surface area (TPSA) is 88.7 Å². The summed E-state index contributed by atoms with van der Waals surface area (Å²) in [6.07, 6.45) is 0. The number of ether oxygens (including phenoxy) is 2. The van der Waals surface area contributed by atoms with E-state index in [9.17, 15) is 9.59 Å². The van der Waals surface area contributed by atoms with E-state index in [-0.39, 0.29) is 11.8 Å². The van der Waals surface area contributed by atoms with Gasteiger partial charge in [0.25, 0.3) is 5.91 Å². The molecule has 0 aliphatic heterocycles. The molecule has 0 aliphatic carbocycles. The van der Waals surface area contributed by atoms with Crippen LogP contribution in [0.15, 0.2) is 12.1 Å².